The van der Waals surface area contributed by atoms with E-state index in [1.165, 1.54) is 42.5 Å². The number of carbonyl (C=O) groups excluding carboxylic acids is 2. The number of hydrogen-bond donors (Lipinski definition) is 2. The van der Waals surface area contributed by atoms with Gasteiger partial charge in [0, 0.05) is 0 Å². The molecule has 8 nitrogen and oxygen atoms in total. The molecule has 158 valence electrons. The molecule has 0 bridgehead atoms. The summed E-state index contributed by atoms with van der Waals surface area (Å²) in [5, 5.41) is 2.28. The van der Waals surface area contributed by atoms with Crippen LogP contribution in [0, 0.1) is 12.3 Å². The highest BCUT2D eigenvalue weighted by atomic mass is 32.2. The predicted octanol–water partition coefficient (Wildman–Crippen LogP) is 1.99. The normalized spacial score (nSPS) is 10.9. The fourth-order valence-electron chi connectivity index (χ4n) is 2.18. The fraction of sp³-hybridized carbons (Fsp3) is 0.158. The third-order valence-corrected chi connectivity index (χ3v) is 4.85. The molecule has 0 aromatic heterocycles. The molecule has 2 N–H and O–H groups in total. The van der Waals surface area contributed by atoms with Crippen LogP contribution in [-0.4, -0.2) is 40.1 Å². The summed E-state index contributed by atoms with van der Waals surface area (Å²) in [4.78, 5) is 23.9. The molecule has 2 rings (SSSR count). The lowest BCUT2D eigenvalue weighted by Gasteiger charge is -2.12. The van der Waals surface area contributed by atoms with Gasteiger partial charge in [-0.05, 0) is 30.3 Å². The molecular weight excluding hydrogens is 422 g/mol. The Bertz CT molecular complexity index is 1070. The van der Waals surface area contributed by atoms with Crippen molar-refractivity contribution in [2.24, 2.45) is 0 Å². The Morgan fingerprint density at radius 3 is 2.57 bits per heavy atom. The van der Waals surface area contributed by atoms with E-state index in [1.807, 2.05) is 0 Å². The van der Waals surface area contributed by atoms with E-state index in [4.69, 9.17) is 11.2 Å². The number of esters is 1. The zero-order chi connectivity index (χ0) is 22.1. The fourth-order valence-corrected chi connectivity index (χ4v) is 3.16. The van der Waals surface area contributed by atoms with Crippen molar-refractivity contribution in [2.45, 2.75) is 11.5 Å². The molecule has 2 aromatic rings. The quantitative estimate of drug-likeness (QED) is 0.458. The number of halogens is 2. The van der Waals surface area contributed by atoms with Gasteiger partial charge in [-0.25, -0.2) is 13.2 Å². The van der Waals surface area contributed by atoms with Crippen LogP contribution in [0.25, 0.3) is 0 Å². The molecule has 0 radical (unpaired) electrons. The van der Waals surface area contributed by atoms with Crippen molar-refractivity contribution in [1.29, 1.82) is 0 Å². The summed E-state index contributed by atoms with van der Waals surface area (Å²) < 4.78 is 60.2. The molecule has 0 fully saturated rings. The minimum absolute atomic E-state index is 0.0356. The number of alkyl halides is 2. The first-order valence-electron chi connectivity index (χ1n) is 8.27. The Kier molecular flexibility index (Phi) is 7.85. The van der Waals surface area contributed by atoms with Crippen molar-refractivity contribution < 1.29 is 36.3 Å². The summed E-state index contributed by atoms with van der Waals surface area (Å²) in [6.45, 7) is -4.05. The number of terminal acetylenes is 1. The third kappa shape index (κ3) is 6.54. The summed E-state index contributed by atoms with van der Waals surface area (Å²) in [6.07, 6.45) is 5.01. The number of nitrogens with one attached hydrogen (secondary N) is 2. The van der Waals surface area contributed by atoms with E-state index in [0.29, 0.717) is 0 Å². The lowest BCUT2D eigenvalue weighted by molar-refractivity contribution is -0.119. The van der Waals surface area contributed by atoms with Gasteiger partial charge in [0.15, 0.2) is 6.61 Å². The van der Waals surface area contributed by atoms with E-state index in [1.54, 1.807) is 0 Å². The Hall–Kier alpha value is -3.49. The third-order valence-electron chi connectivity index (χ3n) is 3.46. The maximum atomic E-state index is 12.4. The van der Waals surface area contributed by atoms with Crippen LogP contribution in [-0.2, 0) is 19.6 Å². The van der Waals surface area contributed by atoms with Gasteiger partial charge in [-0.1, -0.05) is 24.1 Å². The van der Waals surface area contributed by atoms with Crippen molar-refractivity contribution in [1.82, 2.24) is 4.72 Å². The number of anilines is 1. The zero-order valence-corrected chi connectivity index (χ0v) is 16.1. The molecule has 0 atom stereocenters. The molecule has 30 heavy (non-hydrogen) atoms. The van der Waals surface area contributed by atoms with Gasteiger partial charge in [0.05, 0.1) is 22.7 Å². The molecule has 0 spiro atoms. The molecule has 11 heteroatoms. The minimum atomic E-state index is -3.92. The second-order valence-electron chi connectivity index (χ2n) is 5.56. The van der Waals surface area contributed by atoms with Gasteiger partial charge in [-0.2, -0.15) is 13.5 Å². The van der Waals surface area contributed by atoms with Crippen molar-refractivity contribution in [3.63, 3.8) is 0 Å². The Morgan fingerprint density at radius 2 is 1.87 bits per heavy atom. The molecule has 0 heterocycles. The number of amides is 1. The van der Waals surface area contributed by atoms with E-state index >= 15 is 0 Å². The van der Waals surface area contributed by atoms with Gasteiger partial charge in [0.1, 0.15) is 5.75 Å². The van der Waals surface area contributed by atoms with Gasteiger partial charge in [-0.15, -0.1) is 6.42 Å². The number of hydrogen-bond acceptors (Lipinski definition) is 6. The maximum absolute atomic E-state index is 12.4. The molecule has 0 unspecified atom stereocenters. The van der Waals surface area contributed by atoms with Crippen molar-refractivity contribution in [2.75, 3.05) is 18.5 Å². The number of benzene rings is 2. The van der Waals surface area contributed by atoms with Gasteiger partial charge >= 0.3 is 12.6 Å². The molecule has 0 saturated carbocycles. The Morgan fingerprint density at radius 1 is 1.13 bits per heavy atom. The van der Waals surface area contributed by atoms with Crippen LogP contribution in [0.5, 0.6) is 5.75 Å². The lowest BCUT2D eigenvalue weighted by Crippen LogP contribution is -2.24. The first-order valence-corrected chi connectivity index (χ1v) is 9.75. The van der Waals surface area contributed by atoms with Crippen LogP contribution < -0.4 is 14.8 Å². The standard InChI is InChI=1S/C19H16F2N2O6S/c1-2-10-22-30(26,27)14-7-5-6-13(11-14)18(25)28-12-17(24)23-15-8-3-4-9-16(15)29-19(20)21/h1,3-9,11,19,22H,10,12H2,(H,23,24). The smallest absolute Gasteiger partial charge is 0.387 e. The molecule has 1 amide bonds. The molecule has 2 aromatic carbocycles. The number of rotatable bonds is 9. The van der Waals surface area contributed by atoms with Gasteiger partial charge in [0.2, 0.25) is 10.0 Å². The summed E-state index contributed by atoms with van der Waals surface area (Å²) in [5.74, 6) is 0.0876. The number of sulfonamides is 1. The average Bonchev–Trinajstić information content (AvgIpc) is 2.71. The summed E-state index contributed by atoms with van der Waals surface area (Å²) in [7, 11) is -3.92. The van der Waals surface area contributed by atoms with E-state index in [9.17, 15) is 26.8 Å². The molecule has 0 aliphatic carbocycles. The molecule has 0 aliphatic heterocycles. The van der Waals surface area contributed by atoms with Crippen LogP contribution >= 0.6 is 0 Å². The second-order valence-corrected chi connectivity index (χ2v) is 7.32. The number of ether oxygens (including phenoxy) is 2. The van der Waals surface area contributed by atoms with Gasteiger partial charge in [-0.3, -0.25) is 4.79 Å². The SMILES string of the molecule is C#CCNS(=O)(=O)c1cccc(C(=O)OCC(=O)Nc2ccccc2OC(F)F)c1. The lowest BCUT2D eigenvalue weighted by atomic mass is 10.2. The first-order chi connectivity index (χ1) is 14.2. The van der Waals surface area contributed by atoms with Crippen molar-refractivity contribution in [3.05, 3.63) is 54.1 Å². The van der Waals surface area contributed by atoms with E-state index in [-0.39, 0.29) is 28.4 Å². The second kappa shape index (κ2) is 10.3. The number of carbonyl (C=O) groups is 2. The highest BCUT2D eigenvalue weighted by Crippen LogP contribution is 2.25. The summed E-state index contributed by atoms with van der Waals surface area (Å²) in [6, 6.07) is 10.4. The van der Waals surface area contributed by atoms with Gasteiger partial charge in [0.25, 0.3) is 5.91 Å². The molecule has 0 aliphatic rings. The van der Waals surface area contributed by atoms with Crippen LogP contribution in [0.4, 0.5) is 14.5 Å². The monoisotopic (exact) mass is 438 g/mol. The highest BCUT2D eigenvalue weighted by molar-refractivity contribution is 7.89. The van der Waals surface area contributed by atoms with Crippen LogP contribution in [0.1, 0.15) is 10.4 Å². The average molecular weight is 438 g/mol. The Labute approximate surface area is 171 Å². The molecular formula is C19H16F2N2O6S. The summed E-state index contributed by atoms with van der Waals surface area (Å²) >= 11 is 0. The van der Waals surface area contributed by atoms with Crippen LogP contribution in [0.15, 0.2) is 53.4 Å². The predicted molar refractivity (Wildman–Crippen MR) is 102 cm³/mol. The van der Waals surface area contributed by atoms with Crippen molar-refractivity contribution >= 4 is 27.6 Å². The zero-order valence-electron chi connectivity index (χ0n) is 15.3. The molecule has 0 saturated heterocycles. The highest BCUT2D eigenvalue weighted by Gasteiger charge is 2.17. The minimum Gasteiger partial charge on any atom is -0.452 e. The van der Waals surface area contributed by atoms with Crippen LogP contribution in [0.2, 0.25) is 0 Å². The Balaban J connectivity index is 2.01. The van der Waals surface area contributed by atoms with Crippen molar-refractivity contribution in [3.8, 4) is 18.1 Å². The summed E-state index contributed by atoms with van der Waals surface area (Å²) in [5.41, 5.74) is -0.153. The van der Waals surface area contributed by atoms with E-state index < -0.39 is 35.1 Å². The van der Waals surface area contributed by atoms with Crippen LogP contribution in [0.3, 0.4) is 0 Å². The van der Waals surface area contributed by atoms with E-state index in [2.05, 4.69) is 20.7 Å². The largest absolute Gasteiger partial charge is 0.452 e. The van der Waals surface area contributed by atoms with Gasteiger partial charge < -0.3 is 14.8 Å². The first kappa shape index (κ1) is 22.8. The maximum Gasteiger partial charge on any atom is 0.387 e. The number of para-hydroxylation sites is 2. The van der Waals surface area contributed by atoms with E-state index in [0.717, 1.165) is 6.07 Å². The topological polar surface area (TPSA) is 111 Å².